The van der Waals surface area contributed by atoms with Crippen LogP contribution in [0.2, 0.25) is 0 Å². The number of thioether (sulfide) groups is 1. The molecule has 0 aromatic heterocycles. The van der Waals surface area contributed by atoms with Crippen LogP contribution < -0.4 is 5.32 Å². The summed E-state index contributed by atoms with van der Waals surface area (Å²) in [6, 6.07) is 7.47. The number of carbonyl (C=O) groups is 2. The molecular formula is C16H22N2O2S. The average Bonchev–Trinajstić information content (AvgIpc) is 2.90. The van der Waals surface area contributed by atoms with Gasteiger partial charge in [-0.25, -0.2) is 0 Å². The van der Waals surface area contributed by atoms with Crippen LogP contribution in [0.4, 0.5) is 5.69 Å². The normalized spacial score (nSPS) is 18.1. The molecule has 0 bridgehead atoms. The highest BCUT2D eigenvalue weighted by Gasteiger charge is 2.32. The van der Waals surface area contributed by atoms with Crippen molar-refractivity contribution >= 4 is 29.3 Å². The van der Waals surface area contributed by atoms with Gasteiger partial charge >= 0.3 is 0 Å². The Kier molecular flexibility index (Phi) is 5.28. The van der Waals surface area contributed by atoms with Crippen molar-refractivity contribution in [3.63, 3.8) is 0 Å². The maximum Gasteiger partial charge on any atom is 0.247 e. The lowest BCUT2D eigenvalue weighted by Crippen LogP contribution is -2.42. The molecule has 4 nitrogen and oxygen atoms in total. The first kappa shape index (κ1) is 15.9. The molecule has 0 spiro atoms. The molecular weight excluding hydrogens is 284 g/mol. The summed E-state index contributed by atoms with van der Waals surface area (Å²) in [5.41, 5.74) is 0.830. The monoisotopic (exact) mass is 306 g/mol. The first-order chi connectivity index (χ1) is 9.99. The molecule has 2 rings (SSSR count). The summed E-state index contributed by atoms with van der Waals surface area (Å²) in [4.78, 5) is 26.7. The van der Waals surface area contributed by atoms with Crippen LogP contribution >= 0.6 is 11.8 Å². The van der Waals surface area contributed by atoms with Gasteiger partial charge in [0.25, 0.3) is 0 Å². The van der Waals surface area contributed by atoms with Crippen LogP contribution in [0.1, 0.15) is 33.6 Å². The van der Waals surface area contributed by atoms with E-state index in [1.54, 1.807) is 16.7 Å². The molecule has 21 heavy (non-hydrogen) atoms. The number of carbonyl (C=O) groups excluding carboxylic acids is 2. The SMILES string of the molecule is CC(=O)N1CCCC1C(=O)Nc1ccccc1SC(C)C. The molecule has 1 aliphatic rings. The quantitative estimate of drug-likeness (QED) is 0.869. The maximum atomic E-state index is 12.5. The molecule has 1 atom stereocenters. The third kappa shape index (κ3) is 4.00. The number of amides is 2. The lowest BCUT2D eigenvalue weighted by atomic mass is 10.2. The van der Waals surface area contributed by atoms with Gasteiger partial charge in [0.2, 0.25) is 11.8 Å². The van der Waals surface area contributed by atoms with E-state index in [0.717, 1.165) is 23.4 Å². The Morgan fingerprint density at radius 2 is 2.05 bits per heavy atom. The molecule has 0 radical (unpaired) electrons. The van der Waals surface area contributed by atoms with Crippen molar-refractivity contribution in [1.82, 2.24) is 4.90 Å². The molecule has 114 valence electrons. The minimum Gasteiger partial charge on any atom is -0.331 e. The van der Waals surface area contributed by atoms with Crippen molar-refractivity contribution in [1.29, 1.82) is 0 Å². The van der Waals surface area contributed by atoms with Crippen molar-refractivity contribution in [2.45, 2.75) is 49.8 Å². The zero-order chi connectivity index (χ0) is 15.4. The molecule has 2 amide bonds. The smallest absolute Gasteiger partial charge is 0.247 e. The summed E-state index contributed by atoms with van der Waals surface area (Å²) in [6.07, 6.45) is 1.63. The van der Waals surface area contributed by atoms with Gasteiger partial charge in [0.1, 0.15) is 6.04 Å². The van der Waals surface area contributed by atoms with Gasteiger partial charge < -0.3 is 10.2 Å². The molecule has 1 heterocycles. The first-order valence-corrected chi connectivity index (χ1v) is 8.20. The molecule has 0 saturated carbocycles. The molecule has 1 fully saturated rings. The van der Waals surface area contributed by atoms with Crippen molar-refractivity contribution < 1.29 is 9.59 Å². The maximum absolute atomic E-state index is 12.5. The number of hydrogen-bond acceptors (Lipinski definition) is 3. The lowest BCUT2D eigenvalue weighted by molar-refractivity contribution is -0.134. The number of nitrogens with zero attached hydrogens (tertiary/aromatic N) is 1. The fourth-order valence-electron chi connectivity index (χ4n) is 2.56. The van der Waals surface area contributed by atoms with Crippen LogP contribution in [-0.4, -0.2) is 34.6 Å². The summed E-state index contributed by atoms with van der Waals surface area (Å²) in [6.45, 7) is 6.44. The van der Waals surface area contributed by atoms with Crippen LogP contribution in [0.15, 0.2) is 29.2 Å². The summed E-state index contributed by atoms with van der Waals surface area (Å²) in [5.74, 6) is -0.114. The Bertz CT molecular complexity index is 531. The summed E-state index contributed by atoms with van der Waals surface area (Å²) in [5, 5.41) is 3.44. The standard InChI is InChI=1S/C16H22N2O2S/c1-11(2)21-15-9-5-4-7-13(15)17-16(20)14-8-6-10-18(14)12(3)19/h4-5,7,9,11,14H,6,8,10H2,1-3H3,(H,17,20). The van der Waals surface area contributed by atoms with Gasteiger partial charge in [-0.1, -0.05) is 26.0 Å². The second-order valence-corrected chi connectivity index (χ2v) is 7.14. The van der Waals surface area contributed by atoms with E-state index < -0.39 is 0 Å². The number of nitrogens with one attached hydrogen (secondary N) is 1. The van der Waals surface area contributed by atoms with Crippen LogP contribution in [0, 0.1) is 0 Å². The topological polar surface area (TPSA) is 49.4 Å². The Morgan fingerprint density at radius 1 is 1.33 bits per heavy atom. The van der Waals surface area contributed by atoms with E-state index in [4.69, 9.17) is 0 Å². The number of likely N-dealkylation sites (tertiary alicyclic amines) is 1. The van der Waals surface area contributed by atoms with Gasteiger partial charge in [0.15, 0.2) is 0 Å². The van der Waals surface area contributed by atoms with Crippen molar-refractivity contribution in [3.8, 4) is 0 Å². The largest absolute Gasteiger partial charge is 0.331 e. The van der Waals surface area contributed by atoms with Gasteiger partial charge in [0, 0.05) is 23.6 Å². The van der Waals surface area contributed by atoms with Gasteiger partial charge in [-0.05, 0) is 25.0 Å². The fraction of sp³-hybridized carbons (Fsp3) is 0.500. The number of benzene rings is 1. The number of rotatable bonds is 4. The molecule has 1 aromatic carbocycles. The van der Waals surface area contributed by atoms with Gasteiger partial charge in [-0.2, -0.15) is 0 Å². The van der Waals surface area contributed by atoms with E-state index in [1.807, 2.05) is 24.3 Å². The number of anilines is 1. The van der Waals surface area contributed by atoms with Gasteiger partial charge in [-0.15, -0.1) is 11.8 Å². The zero-order valence-corrected chi connectivity index (χ0v) is 13.6. The Labute approximate surface area is 130 Å². The second-order valence-electron chi connectivity index (χ2n) is 5.52. The van der Waals surface area contributed by atoms with Crippen LogP contribution in [0.5, 0.6) is 0 Å². The lowest BCUT2D eigenvalue weighted by Gasteiger charge is -2.23. The van der Waals surface area contributed by atoms with E-state index >= 15 is 0 Å². The highest BCUT2D eigenvalue weighted by Crippen LogP contribution is 2.30. The number of hydrogen-bond donors (Lipinski definition) is 1. The average molecular weight is 306 g/mol. The molecule has 1 N–H and O–H groups in total. The highest BCUT2D eigenvalue weighted by atomic mass is 32.2. The molecule has 1 aliphatic heterocycles. The van der Waals surface area contributed by atoms with E-state index in [1.165, 1.54) is 6.92 Å². The minimum absolute atomic E-state index is 0.0301. The van der Waals surface area contributed by atoms with Crippen molar-refractivity contribution in [2.75, 3.05) is 11.9 Å². The van der Waals surface area contributed by atoms with E-state index in [0.29, 0.717) is 11.8 Å². The van der Waals surface area contributed by atoms with Crippen molar-refractivity contribution in [3.05, 3.63) is 24.3 Å². The van der Waals surface area contributed by atoms with Crippen molar-refractivity contribution in [2.24, 2.45) is 0 Å². The summed E-state index contributed by atoms with van der Waals surface area (Å²) < 4.78 is 0. The fourth-order valence-corrected chi connectivity index (χ4v) is 3.47. The first-order valence-electron chi connectivity index (χ1n) is 7.33. The predicted molar refractivity (Wildman–Crippen MR) is 86.5 cm³/mol. The van der Waals surface area contributed by atoms with E-state index in [2.05, 4.69) is 19.2 Å². The predicted octanol–water partition coefficient (Wildman–Crippen LogP) is 3.14. The van der Waals surface area contributed by atoms with E-state index in [-0.39, 0.29) is 17.9 Å². The van der Waals surface area contributed by atoms with Gasteiger partial charge in [-0.3, -0.25) is 9.59 Å². The Morgan fingerprint density at radius 3 is 2.71 bits per heavy atom. The van der Waals surface area contributed by atoms with Crippen LogP contribution in [0.3, 0.4) is 0 Å². The molecule has 1 unspecified atom stereocenters. The van der Waals surface area contributed by atoms with Crippen LogP contribution in [-0.2, 0) is 9.59 Å². The third-order valence-electron chi connectivity index (χ3n) is 3.47. The molecule has 1 aromatic rings. The van der Waals surface area contributed by atoms with Crippen LogP contribution in [0.25, 0.3) is 0 Å². The zero-order valence-electron chi connectivity index (χ0n) is 12.8. The van der Waals surface area contributed by atoms with Gasteiger partial charge in [0.05, 0.1) is 5.69 Å². The second kappa shape index (κ2) is 6.98. The Hall–Kier alpha value is -1.49. The molecule has 0 aliphatic carbocycles. The minimum atomic E-state index is -0.334. The molecule has 1 saturated heterocycles. The third-order valence-corrected chi connectivity index (χ3v) is 4.55. The summed E-state index contributed by atoms with van der Waals surface area (Å²) in [7, 11) is 0. The molecule has 5 heteroatoms. The highest BCUT2D eigenvalue weighted by molar-refractivity contribution is 8.00. The number of para-hydroxylation sites is 1. The Balaban J connectivity index is 2.11. The summed E-state index contributed by atoms with van der Waals surface area (Å²) >= 11 is 1.72. The van der Waals surface area contributed by atoms with E-state index in [9.17, 15) is 9.59 Å².